The van der Waals surface area contributed by atoms with Crippen molar-refractivity contribution in [2.24, 2.45) is 5.92 Å². The summed E-state index contributed by atoms with van der Waals surface area (Å²) in [5, 5.41) is 14.8. The first-order chi connectivity index (χ1) is 22.0. The van der Waals surface area contributed by atoms with Crippen molar-refractivity contribution in [3.63, 3.8) is 0 Å². The SMILES string of the molecule is C[C@@H]1CCCCO[C@H](CN(C)S(=O)(=O)c2cccs2)[C@H](C)CN([C@@H](C)CO)C(=O)c2cc(NC(=O)Cc3ccccc3)ccc2O1. The maximum absolute atomic E-state index is 14.3. The summed E-state index contributed by atoms with van der Waals surface area (Å²) >= 11 is 1.16. The molecule has 46 heavy (non-hydrogen) atoms. The number of hydrogen-bond donors (Lipinski definition) is 2. The molecule has 2 amide bonds. The molecular formula is C34H45N3O7S2. The number of amides is 2. The first-order valence-corrected chi connectivity index (χ1v) is 18.0. The van der Waals surface area contributed by atoms with Crippen LogP contribution >= 0.6 is 11.3 Å². The van der Waals surface area contributed by atoms with E-state index in [1.54, 1.807) is 54.6 Å². The third-order valence-electron chi connectivity index (χ3n) is 8.14. The molecule has 0 saturated carbocycles. The average Bonchev–Trinajstić information content (AvgIpc) is 3.59. The smallest absolute Gasteiger partial charge is 0.258 e. The van der Waals surface area contributed by atoms with E-state index in [1.807, 2.05) is 44.2 Å². The highest BCUT2D eigenvalue weighted by Gasteiger charge is 2.32. The number of nitrogens with zero attached hydrogens (tertiary/aromatic N) is 2. The lowest BCUT2D eigenvalue weighted by molar-refractivity contribution is -0.115. The van der Waals surface area contributed by atoms with Crippen LogP contribution in [0.2, 0.25) is 0 Å². The van der Waals surface area contributed by atoms with Crippen LogP contribution < -0.4 is 10.1 Å². The number of hydrogen-bond acceptors (Lipinski definition) is 8. The Kier molecular flexibility index (Phi) is 12.8. The molecule has 1 aliphatic heterocycles. The van der Waals surface area contributed by atoms with Crippen LogP contribution in [0.3, 0.4) is 0 Å². The van der Waals surface area contributed by atoms with E-state index in [0.29, 0.717) is 18.0 Å². The van der Waals surface area contributed by atoms with Crippen LogP contribution in [0, 0.1) is 5.92 Å². The number of fused-ring (bicyclic) bond motifs is 1. The van der Waals surface area contributed by atoms with Gasteiger partial charge in [-0.05, 0) is 68.3 Å². The molecule has 2 N–H and O–H groups in total. The Morgan fingerprint density at radius 1 is 1.13 bits per heavy atom. The van der Waals surface area contributed by atoms with E-state index in [9.17, 15) is 23.1 Å². The second-order valence-corrected chi connectivity index (χ2v) is 15.2. The Morgan fingerprint density at radius 2 is 1.89 bits per heavy atom. The number of carbonyl (C=O) groups excluding carboxylic acids is 2. The number of aliphatic hydroxyl groups excluding tert-OH is 1. The molecule has 2 heterocycles. The summed E-state index contributed by atoms with van der Waals surface area (Å²) in [4.78, 5) is 28.7. The third kappa shape index (κ3) is 9.38. The van der Waals surface area contributed by atoms with Gasteiger partial charge in [-0.3, -0.25) is 9.59 Å². The van der Waals surface area contributed by atoms with Crippen molar-refractivity contribution in [2.45, 2.75) is 68.9 Å². The summed E-state index contributed by atoms with van der Waals surface area (Å²) in [6, 6.07) is 17.2. The molecule has 0 unspecified atom stereocenters. The van der Waals surface area contributed by atoms with Crippen LogP contribution in [0.15, 0.2) is 70.3 Å². The van der Waals surface area contributed by atoms with Gasteiger partial charge in [0.2, 0.25) is 5.91 Å². The van der Waals surface area contributed by atoms with E-state index < -0.39 is 22.2 Å². The fraction of sp³-hybridized carbons (Fsp3) is 0.471. The molecule has 0 saturated heterocycles. The number of anilines is 1. The Bertz CT molecular complexity index is 1530. The van der Waals surface area contributed by atoms with Gasteiger partial charge in [0.05, 0.1) is 36.8 Å². The largest absolute Gasteiger partial charge is 0.490 e. The van der Waals surface area contributed by atoms with Gasteiger partial charge in [0, 0.05) is 38.3 Å². The zero-order valence-electron chi connectivity index (χ0n) is 26.9. The predicted molar refractivity (Wildman–Crippen MR) is 180 cm³/mol. The van der Waals surface area contributed by atoms with Gasteiger partial charge in [0.1, 0.15) is 9.96 Å². The lowest BCUT2D eigenvalue weighted by Gasteiger charge is -2.35. The number of aliphatic hydroxyl groups is 1. The summed E-state index contributed by atoms with van der Waals surface area (Å²) in [6.45, 7) is 6.07. The zero-order valence-corrected chi connectivity index (χ0v) is 28.6. The number of carbonyl (C=O) groups is 2. The fourth-order valence-electron chi connectivity index (χ4n) is 5.36. The molecule has 1 aliphatic rings. The van der Waals surface area contributed by atoms with Crippen LogP contribution in [0.5, 0.6) is 5.75 Å². The molecule has 10 nitrogen and oxygen atoms in total. The van der Waals surface area contributed by atoms with Crippen molar-refractivity contribution >= 4 is 38.9 Å². The van der Waals surface area contributed by atoms with Gasteiger partial charge in [0.25, 0.3) is 15.9 Å². The van der Waals surface area contributed by atoms with Gasteiger partial charge >= 0.3 is 0 Å². The van der Waals surface area contributed by atoms with Crippen LogP contribution in [0.25, 0.3) is 0 Å². The molecule has 12 heteroatoms. The normalized spacial score (nSPS) is 20.8. The van der Waals surface area contributed by atoms with Crippen LogP contribution in [0.1, 0.15) is 56.0 Å². The molecule has 4 atom stereocenters. The van der Waals surface area contributed by atoms with Gasteiger partial charge < -0.3 is 24.8 Å². The minimum atomic E-state index is -3.71. The average molecular weight is 672 g/mol. The molecule has 2 aromatic carbocycles. The predicted octanol–water partition coefficient (Wildman–Crippen LogP) is 5.05. The van der Waals surface area contributed by atoms with Crippen molar-refractivity contribution in [3.8, 4) is 5.75 Å². The molecule has 4 rings (SSSR count). The first-order valence-electron chi connectivity index (χ1n) is 15.7. The number of likely N-dealkylation sites (N-methyl/N-ethyl adjacent to an activating group) is 1. The van der Waals surface area contributed by atoms with Crippen molar-refractivity contribution in [2.75, 3.05) is 38.7 Å². The summed E-state index contributed by atoms with van der Waals surface area (Å²) in [6.07, 6.45) is 1.76. The van der Waals surface area contributed by atoms with Crippen molar-refractivity contribution in [1.82, 2.24) is 9.21 Å². The second-order valence-electron chi connectivity index (χ2n) is 11.9. The number of nitrogens with one attached hydrogen (secondary N) is 1. The summed E-state index contributed by atoms with van der Waals surface area (Å²) < 4.78 is 40.6. The topological polar surface area (TPSA) is 125 Å². The van der Waals surface area contributed by atoms with E-state index >= 15 is 0 Å². The fourth-order valence-corrected chi connectivity index (χ4v) is 7.75. The van der Waals surface area contributed by atoms with Gasteiger partial charge in [-0.2, -0.15) is 4.31 Å². The molecule has 0 aliphatic carbocycles. The molecule has 250 valence electrons. The van der Waals surface area contributed by atoms with Gasteiger partial charge in [-0.1, -0.05) is 43.3 Å². The molecule has 0 spiro atoms. The Hall–Kier alpha value is -3.29. The monoisotopic (exact) mass is 671 g/mol. The van der Waals surface area contributed by atoms with Crippen LogP contribution in [0.4, 0.5) is 5.69 Å². The molecule has 0 bridgehead atoms. The van der Waals surface area contributed by atoms with E-state index in [1.165, 1.54) is 4.31 Å². The molecular weight excluding hydrogens is 627 g/mol. The summed E-state index contributed by atoms with van der Waals surface area (Å²) in [5.41, 5.74) is 1.59. The van der Waals surface area contributed by atoms with Crippen LogP contribution in [-0.2, 0) is 26.0 Å². The van der Waals surface area contributed by atoms with E-state index in [0.717, 1.165) is 36.2 Å². The molecule has 0 fully saturated rings. The highest BCUT2D eigenvalue weighted by Crippen LogP contribution is 2.29. The second kappa shape index (κ2) is 16.5. The minimum absolute atomic E-state index is 0.102. The van der Waals surface area contributed by atoms with Gasteiger partial charge in [-0.25, -0.2) is 8.42 Å². The number of thiophene rings is 1. The van der Waals surface area contributed by atoms with Gasteiger partial charge in [-0.15, -0.1) is 11.3 Å². The van der Waals surface area contributed by atoms with Crippen molar-refractivity contribution in [1.29, 1.82) is 0 Å². The quantitative estimate of drug-likeness (QED) is 0.326. The van der Waals surface area contributed by atoms with Crippen molar-refractivity contribution < 1.29 is 32.6 Å². The molecule has 0 radical (unpaired) electrons. The lowest BCUT2D eigenvalue weighted by Crippen LogP contribution is -2.48. The van der Waals surface area contributed by atoms with Crippen molar-refractivity contribution in [3.05, 3.63) is 77.2 Å². The molecule has 1 aromatic heterocycles. The summed E-state index contributed by atoms with van der Waals surface area (Å²) in [7, 11) is -2.17. The Balaban J connectivity index is 1.62. The number of benzene rings is 2. The minimum Gasteiger partial charge on any atom is -0.490 e. The standard InChI is InChI=1S/C34H45N3O7S2/c1-24-21-37(25(2)23-38)34(40)29-20-28(35-32(39)19-27-12-6-5-7-13-27)15-16-30(29)44-26(3)11-8-9-17-43-31(24)22-36(4)46(41,42)33-14-10-18-45-33/h5-7,10,12-16,18,20,24-26,31,38H,8-9,11,17,19,21-23H2,1-4H3,(H,35,39)/t24-,25+,26-,31-/m1/s1. The Morgan fingerprint density at radius 3 is 2.59 bits per heavy atom. The van der Waals surface area contributed by atoms with Crippen LogP contribution in [-0.4, -0.2) is 86.1 Å². The molecule has 3 aromatic rings. The Labute approximate surface area is 276 Å². The third-order valence-corrected chi connectivity index (χ3v) is 11.3. The number of rotatable bonds is 9. The maximum Gasteiger partial charge on any atom is 0.258 e. The number of sulfonamides is 1. The maximum atomic E-state index is 14.3. The van der Waals surface area contributed by atoms with Gasteiger partial charge in [0.15, 0.2) is 0 Å². The lowest BCUT2D eigenvalue weighted by atomic mass is 10.0. The van der Waals surface area contributed by atoms with E-state index in [2.05, 4.69) is 5.32 Å². The first kappa shape index (κ1) is 35.6. The summed E-state index contributed by atoms with van der Waals surface area (Å²) in [5.74, 6) is -0.485. The zero-order chi connectivity index (χ0) is 33.3. The highest BCUT2D eigenvalue weighted by atomic mass is 32.2. The van der Waals surface area contributed by atoms with E-state index in [-0.39, 0.29) is 59.7 Å². The number of ether oxygens (including phenoxy) is 2. The van der Waals surface area contributed by atoms with E-state index in [4.69, 9.17) is 9.47 Å². The highest BCUT2D eigenvalue weighted by molar-refractivity contribution is 7.91.